The fraction of sp³-hybridized carbons (Fsp3) is 0.296. The highest BCUT2D eigenvalue weighted by Gasteiger charge is 2.21. The van der Waals surface area contributed by atoms with Gasteiger partial charge in [0, 0.05) is 17.1 Å². The molecule has 3 rings (SSSR count). The predicted octanol–water partition coefficient (Wildman–Crippen LogP) is 4.40. The number of nitrogens with one attached hydrogen (secondary N) is 2. The Hall–Kier alpha value is -3.89. The Morgan fingerprint density at radius 2 is 1.50 bits per heavy atom. The maximum atomic E-state index is 12.9. The molecule has 176 valence electrons. The van der Waals surface area contributed by atoms with E-state index in [2.05, 4.69) is 16.7 Å². The maximum Gasteiger partial charge on any atom is 0.239 e. The van der Waals surface area contributed by atoms with Gasteiger partial charge >= 0.3 is 0 Å². The molecule has 0 saturated carbocycles. The number of hydrogen-bond donors (Lipinski definition) is 2. The molecule has 0 atom stereocenters. The number of benzene rings is 2. The molecule has 3 aromatic rings. The normalized spacial score (nSPS) is 10.8. The van der Waals surface area contributed by atoms with Crippen LogP contribution in [0.15, 0.2) is 42.5 Å². The van der Waals surface area contributed by atoms with E-state index in [9.17, 15) is 14.9 Å². The second-order valence-corrected chi connectivity index (χ2v) is 8.76. The minimum absolute atomic E-state index is 0.00220. The van der Waals surface area contributed by atoms with Crippen LogP contribution in [0.25, 0.3) is 5.69 Å². The van der Waals surface area contributed by atoms with Crippen molar-refractivity contribution < 1.29 is 9.59 Å². The first-order valence-corrected chi connectivity index (χ1v) is 11.2. The summed E-state index contributed by atoms with van der Waals surface area (Å²) in [7, 11) is 1.71. The van der Waals surface area contributed by atoms with Crippen LogP contribution in [0.2, 0.25) is 0 Å². The minimum atomic E-state index is -0.302. The molecular weight excluding hydrogens is 426 g/mol. The standard InChI is InChI=1S/C27H31N5O2/c1-17-12-18(2)26(19(3)13-17)29-24(33)15-31(6)16-25(34)30-27-23(14-28)20(4)21(5)32(27)22-10-8-7-9-11-22/h7-13H,15-16H2,1-6H3,(H,29,33)(H,30,34). The van der Waals surface area contributed by atoms with Crippen molar-refractivity contribution in [3.8, 4) is 11.8 Å². The summed E-state index contributed by atoms with van der Waals surface area (Å²) in [5.74, 6) is -0.0518. The smallest absolute Gasteiger partial charge is 0.239 e. The number of para-hydroxylation sites is 1. The van der Waals surface area contributed by atoms with Crippen molar-refractivity contribution in [1.82, 2.24) is 9.47 Å². The van der Waals surface area contributed by atoms with Crippen LogP contribution in [-0.4, -0.2) is 41.4 Å². The van der Waals surface area contributed by atoms with E-state index in [0.29, 0.717) is 11.4 Å². The number of nitrogens with zero attached hydrogens (tertiary/aromatic N) is 3. The Morgan fingerprint density at radius 3 is 2.06 bits per heavy atom. The van der Waals surface area contributed by atoms with Crippen molar-refractivity contribution in [3.05, 3.63) is 76.0 Å². The van der Waals surface area contributed by atoms with E-state index in [0.717, 1.165) is 39.3 Å². The lowest BCUT2D eigenvalue weighted by Crippen LogP contribution is -2.36. The fourth-order valence-corrected chi connectivity index (χ4v) is 4.23. The van der Waals surface area contributed by atoms with Crippen molar-refractivity contribution >= 4 is 23.3 Å². The molecule has 1 heterocycles. The van der Waals surface area contributed by atoms with Crippen molar-refractivity contribution in [2.24, 2.45) is 0 Å². The average Bonchev–Trinajstić information content (AvgIpc) is 3.00. The van der Waals surface area contributed by atoms with Crippen LogP contribution < -0.4 is 10.6 Å². The van der Waals surface area contributed by atoms with Gasteiger partial charge in [0.2, 0.25) is 11.8 Å². The molecule has 2 N–H and O–H groups in total. The molecule has 0 spiro atoms. The molecule has 7 heteroatoms. The zero-order valence-electron chi connectivity index (χ0n) is 20.6. The molecule has 0 radical (unpaired) electrons. The summed E-state index contributed by atoms with van der Waals surface area (Å²) in [5.41, 5.74) is 6.94. The summed E-state index contributed by atoms with van der Waals surface area (Å²) < 4.78 is 1.88. The number of aryl methyl sites for hydroxylation is 3. The second kappa shape index (κ2) is 10.4. The lowest BCUT2D eigenvalue weighted by atomic mass is 10.1. The van der Waals surface area contributed by atoms with Gasteiger partial charge < -0.3 is 10.6 Å². The van der Waals surface area contributed by atoms with Crippen LogP contribution in [0.4, 0.5) is 11.5 Å². The van der Waals surface area contributed by atoms with Gasteiger partial charge in [-0.15, -0.1) is 0 Å². The zero-order valence-corrected chi connectivity index (χ0v) is 20.6. The Kier molecular flexibility index (Phi) is 7.54. The molecule has 0 bridgehead atoms. The van der Waals surface area contributed by atoms with Gasteiger partial charge in [-0.1, -0.05) is 35.9 Å². The van der Waals surface area contributed by atoms with E-state index >= 15 is 0 Å². The lowest BCUT2D eigenvalue weighted by Gasteiger charge is -2.19. The molecule has 0 fully saturated rings. The predicted molar refractivity (Wildman–Crippen MR) is 135 cm³/mol. The van der Waals surface area contributed by atoms with Gasteiger partial charge in [0.1, 0.15) is 11.9 Å². The van der Waals surface area contributed by atoms with Gasteiger partial charge in [0.05, 0.1) is 18.7 Å². The summed E-state index contributed by atoms with van der Waals surface area (Å²) >= 11 is 0. The highest BCUT2D eigenvalue weighted by atomic mass is 16.2. The van der Waals surface area contributed by atoms with Crippen molar-refractivity contribution in [2.75, 3.05) is 30.8 Å². The average molecular weight is 458 g/mol. The van der Waals surface area contributed by atoms with Crippen LogP contribution >= 0.6 is 0 Å². The van der Waals surface area contributed by atoms with Crippen LogP contribution in [-0.2, 0) is 9.59 Å². The van der Waals surface area contributed by atoms with Crippen molar-refractivity contribution in [2.45, 2.75) is 34.6 Å². The number of carbonyl (C=O) groups is 2. The third-order valence-corrected chi connectivity index (χ3v) is 5.87. The maximum absolute atomic E-state index is 12.9. The number of anilines is 2. The number of rotatable bonds is 7. The van der Waals surface area contributed by atoms with Gasteiger partial charge in [-0.25, -0.2) is 0 Å². The number of aromatic nitrogens is 1. The Bertz CT molecular complexity index is 1250. The van der Waals surface area contributed by atoms with Crippen molar-refractivity contribution in [1.29, 1.82) is 5.26 Å². The quantitative estimate of drug-likeness (QED) is 0.550. The summed E-state index contributed by atoms with van der Waals surface area (Å²) in [5, 5.41) is 15.6. The Balaban J connectivity index is 1.71. The topological polar surface area (TPSA) is 90.2 Å². The Morgan fingerprint density at radius 1 is 0.941 bits per heavy atom. The number of nitriles is 1. The lowest BCUT2D eigenvalue weighted by molar-refractivity contribution is -0.119. The molecule has 0 aliphatic rings. The molecule has 0 aliphatic carbocycles. The number of hydrogen-bond acceptors (Lipinski definition) is 4. The molecule has 1 aromatic heterocycles. The van der Waals surface area contributed by atoms with Gasteiger partial charge in [-0.2, -0.15) is 5.26 Å². The molecule has 2 aromatic carbocycles. The number of carbonyl (C=O) groups excluding carboxylic acids is 2. The minimum Gasteiger partial charge on any atom is -0.324 e. The first kappa shape index (κ1) is 24.7. The summed E-state index contributed by atoms with van der Waals surface area (Å²) in [6.07, 6.45) is 0. The molecule has 2 amide bonds. The first-order chi connectivity index (χ1) is 16.1. The molecule has 0 aliphatic heterocycles. The van der Waals surface area contributed by atoms with Crippen LogP contribution in [0, 0.1) is 45.9 Å². The summed E-state index contributed by atoms with van der Waals surface area (Å²) in [4.78, 5) is 27.1. The highest BCUT2D eigenvalue weighted by molar-refractivity contribution is 5.96. The summed E-state index contributed by atoms with van der Waals surface area (Å²) in [6.45, 7) is 9.80. The van der Waals surface area contributed by atoms with E-state index in [4.69, 9.17) is 0 Å². The monoisotopic (exact) mass is 457 g/mol. The van der Waals surface area contributed by atoms with Crippen LogP contribution in [0.3, 0.4) is 0 Å². The number of amides is 2. The van der Waals surface area contributed by atoms with E-state index in [1.165, 1.54) is 0 Å². The largest absolute Gasteiger partial charge is 0.324 e. The van der Waals surface area contributed by atoms with E-state index in [-0.39, 0.29) is 24.9 Å². The van der Waals surface area contributed by atoms with E-state index < -0.39 is 0 Å². The Labute approximate surface area is 201 Å². The molecule has 0 unspecified atom stereocenters. The number of likely N-dealkylation sites (N-methyl/N-ethyl adjacent to an activating group) is 1. The van der Waals surface area contributed by atoms with Gasteiger partial charge in [0.15, 0.2) is 0 Å². The van der Waals surface area contributed by atoms with Crippen LogP contribution in [0.1, 0.15) is 33.5 Å². The molecular formula is C27H31N5O2. The van der Waals surface area contributed by atoms with Gasteiger partial charge in [-0.3, -0.25) is 19.1 Å². The SMILES string of the molecule is Cc1cc(C)c(NC(=O)CN(C)CC(=O)Nc2c(C#N)c(C)c(C)n2-c2ccccc2)c(C)c1. The van der Waals surface area contributed by atoms with Crippen molar-refractivity contribution in [3.63, 3.8) is 0 Å². The van der Waals surface area contributed by atoms with Gasteiger partial charge in [-0.05, 0) is 70.5 Å². The van der Waals surface area contributed by atoms with Crippen LogP contribution in [0.5, 0.6) is 0 Å². The summed E-state index contributed by atoms with van der Waals surface area (Å²) in [6, 6.07) is 15.8. The molecule has 34 heavy (non-hydrogen) atoms. The third kappa shape index (κ3) is 5.36. The first-order valence-electron chi connectivity index (χ1n) is 11.2. The third-order valence-electron chi connectivity index (χ3n) is 5.87. The zero-order chi connectivity index (χ0) is 25.0. The molecule has 0 saturated heterocycles. The molecule has 7 nitrogen and oxygen atoms in total. The second-order valence-electron chi connectivity index (χ2n) is 8.76. The fourth-order valence-electron chi connectivity index (χ4n) is 4.23. The van der Waals surface area contributed by atoms with E-state index in [1.54, 1.807) is 11.9 Å². The van der Waals surface area contributed by atoms with E-state index in [1.807, 2.05) is 81.7 Å². The highest BCUT2D eigenvalue weighted by Crippen LogP contribution is 2.30. The van der Waals surface area contributed by atoms with Gasteiger partial charge in [0.25, 0.3) is 0 Å².